The summed E-state index contributed by atoms with van der Waals surface area (Å²) in [6, 6.07) is 20.6. The number of rotatable bonds is 6. The van der Waals surface area contributed by atoms with Crippen LogP contribution in [0.5, 0.6) is 5.75 Å². The highest BCUT2D eigenvalue weighted by Crippen LogP contribution is 2.31. The normalized spacial score (nSPS) is 11.4. The van der Waals surface area contributed by atoms with Gasteiger partial charge >= 0.3 is 0 Å². The van der Waals surface area contributed by atoms with Crippen molar-refractivity contribution in [2.45, 2.75) is 26.5 Å². The van der Waals surface area contributed by atoms with Gasteiger partial charge in [-0.1, -0.05) is 12.1 Å². The zero-order chi connectivity index (χ0) is 22.1. The smallest absolute Gasteiger partial charge is 0.148 e. The first-order valence-electron chi connectivity index (χ1n) is 10.7. The van der Waals surface area contributed by atoms with Gasteiger partial charge in [0.1, 0.15) is 23.9 Å². The Balaban J connectivity index is 1.38. The molecule has 0 aliphatic heterocycles. The molecule has 160 valence electrons. The van der Waals surface area contributed by atoms with Crippen LogP contribution in [0.1, 0.15) is 25.7 Å². The highest BCUT2D eigenvalue weighted by atomic mass is 16.5. The van der Waals surface area contributed by atoms with E-state index >= 15 is 0 Å². The number of para-hydroxylation sites is 2. The lowest BCUT2D eigenvalue weighted by atomic mass is 10.0. The monoisotopic (exact) mass is 423 g/mol. The lowest BCUT2D eigenvalue weighted by Gasteiger charge is -2.14. The molecule has 32 heavy (non-hydrogen) atoms. The van der Waals surface area contributed by atoms with Gasteiger partial charge in [-0.05, 0) is 67.9 Å². The van der Waals surface area contributed by atoms with Gasteiger partial charge in [-0.2, -0.15) is 5.10 Å². The predicted molar refractivity (Wildman–Crippen MR) is 126 cm³/mol. The number of ether oxygens (including phenoxy) is 1. The number of fused-ring (bicyclic) bond motifs is 1. The van der Waals surface area contributed by atoms with Gasteiger partial charge in [0.25, 0.3) is 0 Å². The third kappa shape index (κ3) is 3.75. The highest BCUT2D eigenvalue weighted by molar-refractivity contribution is 5.80. The summed E-state index contributed by atoms with van der Waals surface area (Å²) in [7, 11) is 1.94. The summed E-state index contributed by atoms with van der Waals surface area (Å²) in [5, 5.41) is 4.68. The molecule has 0 amide bonds. The summed E-state index contributed by atoms with van der Waals surface area (Å²) in [6.07, 6.45) is 5.63. The van der Waals surface area contributed by atoms with Crippen molar-refractivity contribution in [3.63, 3.8) is 0 Å². The topological polar surface area (TPSA) is 57.8 Å². The summed E-state index contributed by atoms with van der Waals surface area (Å²) in [5.41, 5.74) is 6.28. The summed E-state index contributed by atoms with van der Waals surface area (Å²) in [4.78, 5) is 8.90. The number of hydrogen-bond acceptors (Lipinski definition) is 4. The number of imidazole rings is 1. The molecule has 0 aliphatic rings. The third-order valence-corrected chi connectivity index (χ3v) is 5.50. The molecule has 0 unspecified atom stereocenters. The predicted octanol–water partition coefficient (Wildman–Crippen LogP) is 5.66. The molecule has 5 rings (SSSR count). The van der Waals surface area contributed by atoms with E-state index in [1.807, 2.05) is 72.5 Å². The van der Waals surface area contributed by atoms with Crippen LogP contribution in [0.2, 0.25) is 0 Å². The van der Waals surface area contributed by atoms with Gasteiger partial charge in [-0.3, -0.25) is 9.67 Å². The maximum absolute atomic E-state index is 6.11. The summed E-state index contributed by atoms with van der Waals surface area (Å²) < 4.78 is 10.2. The second kappa shape index (κ2) is 8.30. The van der Waals surface area contributed by atoms with E-state index in [1.165, 1.54) is 0 Å². The zero-order valence-electron chi connectivity index (χ0n) is 18.4. The molecule has 0 saturated heterocycles. The van der Waals surface area contributed by atoms with E-state index in [2.05, 4.69) is 34.6 Å². The van der Waals surface area contributed by atoms with Crippen LogP contribution < -0.4 is 4.74 Å². The van der Waals surface area contributed by atoms with Crippen molar-refractivity contribution >= 4 is 11.0 Å². The molecule has 0 radical (unpaired) electrons. The Morgan fingerprint density at radius 3 is 2.41 bits per heavy atom. The molecule has 3 aromatic heterocycles. The quantitative estimate of drug-likeness (QED) is 0.354. The minimum absolute atomic E-state index is 0.305. The second-order valence-electron chi connectivity index (χ2n) is 8.09. The molecule has 6 heteroatoms. The number of benzene rings is 2. The molecular formula is C26H25N5O. The van der Waals surface area contributed by atoms with Crippen molar-refractivity contribution in [2.75, 3.05) is 0 Å². The minimum atomic E-state index is 0.305. The van der Waals surface area contributed by atoms with Gasteiger partial charge < -0.3 is 9.30 Å². The number of pyridine rings is 1. The van der Waals surface area contributed by atoms with Crippen LogP contribution in [0.25, 0.3) is 33.4 Å². The van der Waals surface area contributed by atoms with E-state index in [9.17, 15) is 0 Å². The van der Waals surface area contributed by atoms with E-state index in [4.69, 9.17) is 9.72 Å². The van der Waals surface area contributed by atoms with Crippen LogP contribution in [0, 0.1) is 0 Å². The first kappa shape index (κ1) is 20.0. The SMILES string of the molecule is CC(C)n1c(COc2ccc(-c3nn(C)cc3-c3ccncc3)cc2)nc2ccccc21. The van der Waals surface area contributed by atoms with Crippen LogP contribution >= 0.6 is 0 Å². The third-order valence-electron chi connectivity index (χ3n) is 5.50. The minimum Gasteiger partial charge on any atom is -0.486 e. The van der Waals surface area contributed by atoms with Crippen LogP contribution in [-0.2, 0) is 13.7 Å². The lowest BCUT2D eigenvalue weighted by molar-refractivity contribution is 0.287. The van der Waals surface area contributed by atoms with Crippen molar-refractivity contribution in [1.29, 1.82) is 0 Å². The Labute approximate surface area is 187 Å². The van der Waals surface area contributed by atoms with Crippen molar-refractivity contribution in [3.05, 3.63) is 85.1 Å². The van der Waals surface area contributed by atoms with E-state index in [-0.39, 0.29) is 0 Å². The largest absolute Gasteiger partial charge is 0.486 e. The first-order chi connectivity index (χ1) is 15.6. The molecule has 2 aromatic carbocycles. The highest BCUT2D eigenvalue weighted by Gasteiger charge is 2.15. The second-order valence-corrected chi connectivity index (χ2v) is 8.09. The van der Waals surface area contributed by atoms with Gasteiger partial charge in [0, 0.05) is 42.8 Å². The first-order valence-corrected chi connectivity index (χ1v) is 10.7. The molecule has 6 nitrogen and oxygen atoms in total. The molecule has 0 fully saturated rings. The molecule has 0 spiro atoms. The van der Waals surface area contributed by atoms with Crippen LogP contribution in [0.3, 0.4) is 0 Å². The van der Waals surface area contributed by atoms with Crippen molar-refractivity contribution in [1.82, 2.24) is 24.3 Å². The number of aromatic nitrogens is 5. The number of nitrogens with zero attached hydrogens (tertiary/aromatic N) is 5. The summed E-state index contributed by atoms with van der Waals surface area (Å²) in [6.45, 7) is 4.75. The van der Waals surface area contributed by atoms with Crippen molar-refractivity contribution in [3.8, 4) is 28.1 Å². The molecule has 3 heterocycles. The van der Waals surface area contributed by atoms with Gasteiger partial charge in [0.05, 0.1) is 11.0 Å². The fourth-order valence-electron chi connectivity index (χ4n) is 4.07. The summed E-state index contributed by atoms with van der Waals surface area (Å²) >= 11 is 0. The standard InChI is InChI=1S/C26H25N5O/c1-18(2)31-24-7-5-4-6-23(24)28-25(31)17-32-21-10-8-20(9-11-21)26-22(16-30(3)29-26)19-12-14-27-15-13-19/h4-16,18H,17H2,1-3H3. The fraction of sp³-hybridized carbons (Fsp3) is 0.192. The fourth-order valence-corrected chi connectivity index (χ4v) is 4.07. The number of hydrogen-bond donors (Lipinski definition) is 0. The Morgan fingerprint density at radius 2 is 1.66 bits per heavy atom. The van der Waals surface area contributed by atoms with Gasteiger partial charge in [-0.25, -0.2) is 4.98 Å². The van der Waals surface area contributed by atoms with E-state index in [1.54, 1.807) is 12.4 Å². The Kier molecular flexibility index (Phi) is 5.19. The number of aryl methyl sites for hydroxylation is 1. The molecular weight excluding hydrogens is 398 g/mol. The van der Waals surface area contributed by atoms with Gasteiger partial charge in [0.2, 0.25) is 0 Å². The average Bonchev–Trinajstić information content (AvgIpc) is 3.39. The average molecular weight is 424 g/mol. The Bertz CT molecular complexity index is 1350. The molecule has 0 saturated carbocycles. The van der Waals surface area contributed by atoms with E-state index in [0.29, 0.717) is 12.6 Å². The van der Waals surface area contributed by atoms with Crippen LogP contribution in [0.15, 0.2) is 79.3 Å². The molecule has 0 N–H and O–H groups in total. The van der Waals surface area contributed by atoms with E-state index < -0.39 is 0 Å². The zero-order valence-corrected chi connectivity index (χ0v) is 18.4. The molecule has 5 aromatic rings. The summed E-state index contributed by atoms with van der Waals surface area (Å²) in [5.74, 6) is 1.73. The van der Waals surface area contributed by atoms with Crippen molar-refractivity contribution < 1.29 is 4.74 Å². The molecule has 0 atom stereocenters. The van der Waals surface area contributed by atoms with E-state index in [0.717, 1.165) is 45.0 Å². The van der Waals surface area contributed by atoms with Crippen LogP contribution in [-0.4, -0.2) is 24.3 Å². The van der Waals surface area contributed by atoms with Gasteiger partial charge in [-0.15, -0.1) is 0 Å². The lowest BCUT2D eigenvalue weighted by Crippen LogP contribution is -2.09. The maximum atomic E-state index is 6.11. The van der Waals surface area contributed by atoms with Crippen LogP contribution in [0.4, 0.5) is 0 Å². The van der Waals surface area contributed by atoms with Gasteiger partial charge in [0.15, 0.2) is 0 Å². The molecule has 0 bridgehead atoms. The Morgan fingerprint density at radius 1 is 0.906 bits per heavy atom. The maximum Gasteiger partial charge on any atom is 0.148 e. The van der Waals surface area contributed by atoms with Crippen molar-refractivity contribution in [2.24, 2.45) is 7.05 Å². The molecule has 0 aliphatic carbocycles. The Hall–Kier alpha value is -3.93.